The quantitative estimate of drug-likeness (QED) is 0.665. The van der Waals surface area contributed by atoms with Crippen LogP contribution in [0.2, 0.25) is 0 Å². The highest BCUT2D eigenvalue weighted by Gasteiger charge is 2.35. The lowest BCUT2D eigenvalue weighted by Crippen LogP contribution is -2.16. The number of carbonyl (C=O) groups is 1. The summed E-state index contributed by atoms with van der Waals surface area (Å²) in [5.74, 6) is -1.52. The van der Waals surface area contributed by atoms with E-state index in [1.807, 2.05) is 0 Å². The smallest absolute Gasteiger partial charge is 0.413 e. The van der Waals surface area contributed by atoms with Gasteiger partial charge >= 0.3 is 12.1 Å². The van der Waals surface area contributed by atoms with Crippen LogP contribution in [0.1, 0.15) is 20.3 Å². The molecule has 0 rings (SSSR count). The van der Waals surface area contributed by atoms with Crippen LogP contribution in [0.5, 0.6) is 0 Å². The molecule has 0 fully saturated rings. The van der Waals surface area contributed by atoms with Crippen molar-refractivity contribution in [3.63, 3.8) is 0 Å². The lowest BCUT2D eigenvalue weighted by molar-refractivity contribution is -0.134. The number of alkyl halides is 3. The number of aliphatic carboxylic acids is 1. The van der Waals surface area contributed by atoms with Gasteiger partial charge in [-0.2, -0.15) is 13.2 Å². The molecule has 0 aliphatic rings. The Labute approximate surface area is 67.7 Å². The van der Waals surface area contributed by atoms with E-state index in [4.69, 9.17) is 5.11 Å². The molecule has 0 bridgehead atoms. The van der Waals surface area contributed by atoms with Gasteiger partial charge in [-0.1, -0.05) is 6.92 Å². The van der Waals surface area contributed by atoms with E-state index in [2.05, 4.69) is 0 Å². The molecule has 2 nitrogen and oxygen atoms in total. The van der Waals surface area contributed by atoms with Gasteiger partial charge in [0.2, 0.25) is 0 Å². The molecular formula is C7H9F3O2. The van der Waals surface area contributed by atoms with Gasteiger partial charge in [0, 0.05) is 11.1 Å². The molecular weight excluding hydrogens is 173 g/mol. The van der Waals surface area contributed by atoms with Crippen LogP contribution in [-0.2, 0) is 4.79 Å². The predicted molar refractivity (Wildman–Crippen MR) is 36.7 cm³/mol. The summed E-state index contributed by atoms with van der Waals surface area (Å²) >= 11 is 0. The number of allylic oxidation sites excluding steroid dienone is 1. The Morgan fingerprint density at radius 3 is 1.92 bits per heavy atom. The van der Waals surface area contributed by atoms with E-state index in [9.17, 15) is 18.0 Å². The van der Waals surface area contributed by atoms with Crippen molar-refractivity contribution in [3.05, 3.63) is 11.1 Å². The molecule has 0 aliphatic carbocycles. The van der Waals surface area contributed by atoms with Crippen LogP contribution in [0.15, 0.2) is 11.1 Å². The van der Waals surface area contributed by atoms with Crippen molar-refractivity contribution in [2.45, 2.75) is 26.4 Å². The maximum Gasteiger partial charge on any atom is 0.413 e. The fourth-order valence-electron chi connectivity index (χ4n) is 0.807. The van der Waals surface area contributed by atoms with E-state index in [0.717, 1.165) is 6.92 Å². The third-order valence-electron chi connectivity index (χ3n) is 1.47. The Kier molecular flexibility index (Phi) is 3.30. The number of carboxylic acid groups (broad SMARTS) is 1. The average Bonchev–Trinajstić information content (AvgIpc) is 1.85. The van der Waals surface area contributed by atoms with Crippen LogP contribution in [0.25, 0.3) is 0 Å². The number of carboxylic acids is 1. The molecule has 0 saturated heterocycles. The molecule has 70 valence electrons. The molecule has 0 aliphatic heterocycles. The van der Waals surface area contributed by atoms with Crippen LogP contribution in [0.4, 0.5) is 13.2 Å². The summed E-state index contributed by atoms with van der Waals surface area (Å²) in [6, 6.07) is 0. The maximum absolute atomic E-state index is 12.0. The summed E-state index contributed by atoms with van der Waals surface area (Å²) in [5.41, 5.74) is -1.61. The minimum Gasteiger partial charge on any atom is -0.478 e. The summed E-state index contributed by atoms with van der Waals surface area (Å²) in [4.78, 5) is 10.2. The van der Waals surface area contributed by atoms with E-state index in [1.54, 1.807) is 0 Å². The van der Waals surface area contributed by atoms with Gasteiger partial charge in [-0.15, -0.1) is 0 Å². The maximum atomic E-state index is 12.0. The molecule has 0 spiro atoms. The molecule has 0 aromatic heterocycles. The number of hydrogen-bond donors (Lipinski definition) is 1. The fourth-order valence-corrected chi connectivity index (χ4v) is 0.807. The van der Waals surface area contributed by atoms with Crippen molar-refractivity contribution in [3.8, 4) is 0 Å². The summed E-state index contributed by atoms with van der Waals surface area (Å²) in [7, 11) is 0. The molecule has 5 heteroatoms. The number of rotatable bonds is 2. The first kappa shape index (κ1) is 11.0. The first-order chi connectivity index (χ1) is 5.30. The molecule has 0 heterocycles. The van der Waals surface area contributed by atoms with Gasteiger partial charge in [-0.3, -0.25) is 0 Å². The van der Waals surface area contributed by atoms with E-state index in [0.29, 0.717) is 0 Å². The largest absolute Gasteiger partial charge is 0.478 e. The van der Waals surface area contributed by atoms with E-state index in [1.165, 1.54) is 6.92 Å². The first-order valence-electron chi connectivity index (χ1n) is 3.31. The van der Waals surface area contributed by atoms with Crippen LogP contribution in [0, 0.1) is 0 Å². The van der Waals surface area contributed by atoms with E-state index >= 15 is 0 Å². The lowest BCUT2D eigenvalue weighted by Gasteiger charge is -2.10. The highest BCUT2D eigenvalue weighted by molar-refractivity contribution is 5.87. The van der Waals surface area contributed by atoms with Crippen molar-refractivity contribution < 1.29 is 23.1 Å². The number of hydrogen-bond acceptors (Lipinski definition) is 1. The second kappa shape index (κ2) is 3.60. The van der Waals surface area contributed by atoms with Crippen LogP contribution in [0.3, 0.4) is 0 Å². The fraction of sp³-hybridized carbons (Fsp3) is 0.571. The monoisotopic (exact) mass is 182 g/mol. The zero-order valence-electron chi connectivity index (χ0n) is 6.70. The average molecular weight is 182 g/mol. The van der Waals surface area contributed by atoms with Gasteiger partial charge in [0.1, 0.15) is 0 Å². The van der Waals surface area contributed by atoms with Crippen molar-refractivity contribution >= 4 is 5.97 Å². The van der Waals surface area contributed by atoms with Gasteiger partial charge in [0.05, 0.1) is 0 Å². The molecule has 12 heavy (non-hydrogen) atoms. The summed E-state index contributed by atoms with van der Waals surface area (Å²) in [5, 5.41) is 8.29. The van der Waals surface area contributed by atoms with Crippen LogP contribution in [-0.4, -0.2) is 17.3 Å². The van der Waals surface area contributed by atoms with Crippen LogP contribution < -0.4 is 0 Å². The summed E-state index contributed by atoms with van der Waals surface area (Å²) < 4.78 is 36.0. The standard InChI is InChI=1S/C7H9F3O2/c1-3-5(7(8,9)10)4(2)6(11)12/h3H2,1-2H3,(H,11,12)/b5-4+. The van der Waals surface area contributed by atoms with Gasteiger partial charge in [0.15, 0.2) is 0 Å². The third kappa shape index (κ3) is 2.56. The van der Waals surface area contributed by atoms with Gasteiger partial charge < -0.3 is 5.11 Å². The minimum absolute atomic E-state index is 0.318. The Balaban J connectivity index is 5.01. The Hall–Kier alpha value is -1.00. The highest BCUT2D eigenvalue weighted by atomic mass is 19.4. The first-order valence-corrected chi connectivity index (χ1v) is 3.31. The second-order valence-electron chi connectivity index (χ2n) is 2.26. The van der Waals surface area contributed by atoms with E-state index < -0.39 is 23.3 Å². The van der Waals surface area contributed by atoms with Crippen molar-refractivity contribution in [2.75, 3.05) is 0 Å². The summed E-state index contributed by atoms with van der Waals surface area (Å²) in [6.45, 7) is 2.23. The van der Waals surface area contributed by atoms with Gasteiger partial charge in [-0.05, 0) is 13.3 Å². The van der Waals surface area contributed by atoms with Gasteiger partial charge in [-0.25, -0.2) is 4.79 Å². The normalized spacial score (nSPS) is 14.1. The minimum atomic E-state index is -4.53. The van der Waals surface area contributed by atoms with Gasteiger partial charge in [0.25, 0.3) is 0 Å². The number of halogens is 3. The van der Waals surface area contributed by atoms with E-state index in [-0.39, 0.29) is 6.42 Å². The molecule has 0 radical (unpaired) electrons. The SMILES string of the molecule is CC/C(=C(/C)C(=O)O)C(F)(F)F. The molecule has 0 aromatic carbocycles. The predicted octanol–water partition coefficient (Wildman–Crippen LogP) is 2.36. The van der Waals surface area contributed by atoms with Crippen LogP contribution >= 0.6 is 0 Å². The zero-order chi connectivity index (χ0) is 9.94. The zero-order valence-corrected chi connectivity index (χ0v) is 6.70. The molecule has 0 aromatic rings. The molecule has 1 N–H and O–H groups in total. The Morgan fingerprint density at radius 1 is 1.42 bits per heavy atom. The van der Waals surface area contributed by atoms with Crippen molar-refractivity contribution in [2.24, 2.45) is 0 Å². The highest BCUT2D eigenvalue weighted by Crippen LogP contribution is 2.30. The topological polar surface area (TPSA) is 37.3 Å². The Morgan fingerprint density at radius 2 is 1.83 bits per heavy atom. The molecule has 0 unspecified atom stereocenters. The second-order valence-corrected chi connectivity index (χ2v) is 2.26. The molecule has 0 atom stereocenters. The third-order valence-corrected chi connectivity index (χ3v) is 1.47. The lowest BCUT2D eigenvalue weighted by atomic mass is 10.1. The Bertz CT molecular complexity index is 215. The molecule has 0 amide bonds. The summed E-state index contributed by atoms with van der Waals surface area (Å²) in [6.07, 6.45) is -4.85. The van der Waals surface area contributed by atoms with Crippen molar-refractivity contribution in [1.82, 2.24) is 0 Å². The molecule has 0 saturated carbocycles. The van der Waals surface area contributed by atoms with Crippen molar-refractivity contribution in [1.29, 1.82) is 0 Å².